The van der Waals surface area contributed by atoms with Gasteiger partial charge in [-0.05, 0) is 18.7 Å². The van der Waals surface area contributed by atoms with Crippen LogP contribution in [0.25, 0.3) is 0 Å². The van der Waals surface area contributed by atoms with Crippen LogP contribution in [0.15, 0.2) is 54.6 Å². The summed E-state index contributed by atoms with van der Waals surface area (Å²) >= 11 is 0. The van der Waals surface area contributed by atoms with Gasteiger partial charge in [-0.3, -0.25) is 0 Å². The number of ether oxygens (including phenoxy) is 2. The summed E-state index contributed by atoms with van der Waals surface area (Å²) in [5.41, 5.74) is 1.34. The summed E-state index contributed by atoms with van der Waals surface area (Å²) in [6, 6.07) is 16.1. The number of esters is 1. The molecule has 0 saturated carbocycles. The van der Waals surface area contributed by atoms with Gasteiger partial charge in [0, 0.05) is 0 Å². The molecule has 0 aliphatic rings. The predicted molar refractivity (Wildman–Crippen MR) is 68.3 cm³/mol. The molecule has 0 aliphatic carbocycles. The van der Waals surface area contributed by atoms with E-state index in [9.17, 15) is 4.79 Å². The summed E-state index contributed by atoms with van der Waals surface area (Å²) in [5.74, 6) is 0.396. The first kappa shape index (κ1) is 12.0. The van der Waals surface area contributed by atoms with Crippen LogP contribution in [-0.2, 0) is 4.74 Å². The third-order valence-corrected chi connectivity index (χ3v) is 2.43. The Morgan fingerprint density at radius 3 is 2.28 bits per heavy atom. The molecule has 18 heavy (non-hydrogen) atoms. The summed E-state index contributed by atoms with van der Waals surface area (Å²) in [7, 11) is 1.61. The number of rotatable bonds is 4. The van der Waals surface area contributed by atoms with Crippen molar-refractivity contribution < 1.29 is 14.3 Å². The molecule has 3 heteroatoms. The summed E-state index contributed by atoms with van der Waals surface area (Å²) in [6.45, 7) is 1.43. The molecule has 0 N–H and O–H groups in total. The highest BCUT2D eigenvalue weighted by Gasteiger charge is 2.03. The van der Waals surface area contributed by atoms with Crippen LogP contribution in [0.2, 0.25) is 0 Å². The first-order valence-corrected chi connectivity index (χ1v) is 5.53. The lowest BCUT2D eigenvalue weighted by atomic mass is 10.2. The first-order chi connectivity index (χ1) is 8.79. The minimum atomic E-state index is -0.369. The Morgan fingerprint density at radius 1 is 1.00 bits per heavy atom. The van der Waals surface area contributed by atoms with E-state index in [1.807, 2.05) is 30.3 Å². The zero-order valence-corrected chi connectivity index (χ0v) is 10.00. The highest BCUT2D eigenvalue weighted by Crippen LogP contribution is 2.13. The monoisotopic (exact) mass is 241 g/mol. The van der Waals surface area contributed by atoms with Gasteiger partial charge in [0.05, 0.1) is 18.4 Å². The minimum Gasteiger partial charge on any atom is -0.499 e. The van der Waals surface area contributed by atoms with Crippen molar-refractivity contribution in [3.8, 4) is 5.75 Å². The van der Waals surface area contributed by atoms with Crippen LogP contribution in [0, 0.1) is 6.61 Å². The van der Waals surface area contributed by atoms with E-state index in [2.05, 4.69) is 0 Å². The van der Waals surface area contributed by atoms with Gasteiger partial charge >= 0.3 is 5.97 Å². The van der Waals surface area contributed by atoms with E-state index in [0.717, 1.165) is 11.3 Å². The van der Waals surface area contributed by atoms with E-state index in [1.54, 1.807) is 31.4 Å². The highest BCUT2D eigenvalue weighted by atomic mass is 16.5. The molecule has 2 aromatic rings. The third-order valence-electron chi connectivity index (χ3n) is 2.43. The Morgan fingerprint density at radius 2 is 1.67 bits per heavy atom. The maximum Gasteiger partial charge on any atom is 0.331 e. The van der Waals surface area contributed by atoms with E-state index in [-0.39, 0.29) is 5.97 Å². The van der Waals surface area contributed by atoms with Gasteiger partial charge in [-0.1, -0.05) is 30.3 Å². The van der Waals surface area contributed by atoms with Gasteiger partial charge in [-0.2, -0.15) is 17.7 Å². The topological polar surface area (TPSA) is 35.5 Å². The largest absolute Gasteiger partial charge is 0.499 e. The van der Waals surface area contributed by atoms with Crippen LogP contribution >= 0.6 is 0 Å². The van der Waals surface area contributed by atoms with Gasteiger partial charge in [0.25, 0.3) is 0 Å². The molecular weight excluding hydrogens is 228 g/mol. The molecule has 0 heterocycles. The van der Waals surface area contributed by atoms with Crippen molar-refractivity contribution in [1.82, 2.24) is 0 Å². The quantitative estimate of drug-likeness (QED) is 0.609. The lowest BCUT2D eigenvalue weighted by Crippen LogP contribution is -2.03. The van der Waals surface area contributed by atoms with Crippen LogP contribution in [-0.4, -0.2) is 13.1 Å². The Kier molecular flexibility index (Phi) is 3.86. The Labute approximate surface area is 106 Å². The SMILES string of the molecule is COc1ccc([CH-]OC(=O)c2ccccc2)cc1. The Hall–Kier alpha value is -2.42. The number of hydrogen-bond acceptors (Lipinski definition) is 3. The highest BCUT2D eigenvalue weighted by molar-refractivity contribution is 5.89. The molecule has 0 unspecified atom stereocenters. The van der Waals surface area contributed by atoms with Crippen molar-refractivity contribution in [2.75, 3.05) is 7.11 Å². The molecule has 0 bridgehead atoms. The number of carbonyl (C=O) groups is 1. The van der Waals surface area contributed by atoms with Crippen molar-refractivity contribution >= 4 is 5.97 Å². The van der Waals surface area contributed by atoms with Crippen LogP contribution < -0.4 is 4.74 Å². The van der Waals surface area contributed by atoms with Crippen molar-refractivity contribution in [1.29, 1.82) is 0 Å². The molecule has 0 amide bonds. The maximum atomic E-state index is 11.7. The molecule has 2 rings (SSSR count). The normalized spacial score (nSPS) is 9.61. The van der Waals surface area contributed by atoms with Gasteiger partial charge < -0.3 is 9.47 Å². The van der Waals surface area contributed by atoms with Crippen molar-refractivity contribution in [2.24, 2.45) is 0 Å². The van der Waals surface area contributed by atoms with E-state index >= 15 is 0 Å². The van der Waals surface area contributed by atoms with Gasteiger partial charge in [0.1, 0.15) is 0 Å². The average Bonchev–Trinajstić information content (AvgIpc) is 2.46. The van der Waals surface area contributed by atoms with E-state index in [0.29, 0.717) is 5.56 Å². The Balaban J connectivity index is 1.93. The lowest BCUT2D eigenvalue weighted by molar-refractivity contribution is 0.0621. The minimum absolute atomic E-state index is 0.369. The molecule has 0 radical (unpaired) electrons. The second kappa shape index (κ2) is 5.77. The standard InChI is InChI=1S/C15H13O3/c1-17-14-9-7-12(8-10-14)11-18-15(16)13-5-3-2-4-6-13/h2-11H,1H3/q-1. The molecule has 0 spiro atoms. The molecular formula is C15H13O3-. The molecule has 2 aromatic carbocycles. The number of methoxy groups -OCH3 is 1. The molecule has 92 valence electrons. The van der Waals surface area contributed by atoms with Crippen LogP contribution in [0.1, 0.15) is 15.9 Å². The molecule has 0 aromatic heterocycles. The zero-order chi connectivity index (χ0) is 12.8. The van der Waals surface area contributed by atoms with E-state index < -0.39 is 0 Å². The second-order valence-electron chi connectivity index (χ2n) is 3.66. The van der Waals surface area contributed by atoms with E-state index in [4.69, 9.17) is 9.47 Å². The summed E-state index contributed by atoms with van der Waals surface area (Å²) < 4.78 is 10.1. The second-order valence-corrected chi connectivity index (χ2v) is 3.66. The van der Waals surface area contributed by atoms with Gasteiger partial charge in [-0.25, -0.2) is 4.79 Å². The van der Waals surface area contributed by atoms with Gasteiger partial charge in [-0.15, -0.1) is 0 Å². The number of hydrogen-bond donors (Lipinski definition) is 0. The zero-order valence-electron chi connectivity index (χ0n) is 10.00. The molecule has 0 atom stereocenters. The first-order valence-electron chi connectivity index (χ1n) is 5.53. The smallest absolute Gasteiger partial charge is 0.331 e. The van der Waals surface area contributed by atoms with Crippen LogP contribution in [0.3, 0.4) is 0 Å². The van der Waals surface area contributed by atoms with Crippen molar-refractivity contribution in [2.45, 2.75) is 0 Å². The van der Waals surface area contributed by atoms with Gasteiger partial charge in [0.2, 0.25) is 0 Å². The average molecular weight is 241 g/mol. The fourth-order valence-corrected chi connectivity index (χ4v) is 1.45. The predicted octanol–water partition coefficient (Wildman–Crippen LogP) is 3.06. The molecule has 0 fully saturated rings. The van der Waals surface area contributed by atoms with Crippen LogP contribution in [0.5, 0.6) is 5.75 Å². The van der Waals surface area contributed by atoms with Crippen molar-refractivity contribution in [3.63, 3.8) is 0 Å². The fourth-order valence-electron chi connectivity index (χ4n) is 1.45. The molecule has 0 aliphatic heterocycles. The third kappa shape index (κ3) is 3.04. The van der Waals surface area contributed by atoms with Crippen molar-refractivity contribution in [3.05, 3.63) is 72.3 Å². The summed E-state index contributed by atoms with van der Waals surface area (Å²) in [4.78, 5) is 11.7. The summed E-state index contributed by atoms with van der Waals surface area (Å²) in [5, 5.41) is 0. The van der Waals surface area contributed by atoms with Gasteiger partial charge in [0.15, 0.2) is 0 Å². The molecule has 0 saturated heterocycles. The number of benzene rings is 2. The lowest BCUT2D eigenvalue weighted by Gasteiger charge is -2.12. The molecule has 3 nitrogen and oxygen atoms in total. The Bertz CT molecular complexity index is 503. The fraction of sp³-hybridized carbons (Fsp3) is 0.0667. The number of carbonyl (C=O) groups excluding carboxylic acids is 1. The van der Waals surface area contributed by atoms with E-state index in [1.165, 1.54) is 6.61 Å². The maximum absolute atomic E-state index is 11.7. The summed E-state index contributed by atoms with van der Waals surface area (Å²) in [6.07, 6.45) is 0. The van der Waals surface area contributed by atoms with Crippen LogP contribution in [0.4, 0.5) is 0 Å².